The average molecular weight is 371 g/mol. The van der Waals surface area contributed by atoms with Gasteiger partial charge in [0.15, 0.2) is 0 Å². The van der Waals surface area contributed by atoms with Crippen LogP contribution in [0.15, 0.2) is 71.1 Å². The Morgan fingerprint density at radius 3 is 2.44 bits per heavy atom. The van der Waals surface area contributed by atoms with Crippen LogP contribution in [0.25, 0.3) is 11.3 Å². The van der Waals surface area contributed by atoms with Crippen LogP contribution < -0.4 is 10.1 Å². The number of carbonyl (C=O) groups excluding carboxylic acids is 1. The molecule has 0 fully saturated rings. The number of hydrogen-bond donors (Lipinski definition) is 1. The highest BCUT2D eigenvalue weighted by molar-refractivity contribution is 5.76. The number of alkyl halides is 2. The second-order valence-electron chi connectivity index (χ2n) is 5.93. The highest BCUT2D eigenvalue weighted by Crippen LogP contribution is 2.22. The van der Waals surface area contributed by atoms with E-state index in [1.165, 1.54) is 12.1 Å². The monoisotopic (exact) mass is 371 g/mol. The van der Waals surface area contributed by atoms with Crippen molar-refractivity contribution in [1.29, 1.82) is 0 Å². The first-order valence-corrected chi connectivity index (χ1v) is 8.55. The van der Waals surface area contributed by atoms with Crippen LogP contribution in [0.4, 0.5) is 8.78 Å². The maximum absolute atomic E-state index is 12.1. The molecule has 0 saturated heterocycles. The minimum atomic E-state index is -2.85. The van der Waals surface area contributed by atoms with Crippen molar-refractivity contribution < 1.29 is 22.7 Å². The average Bonchev–Trinajstić information content (AvgIpc) is 3.15. The Labute approximate surface area is 155 Å². The lowest BCUT2D eigenvalue weighted by molar-refractivity contribution is -0.121. The number of hydrogen-bond acceptors (Lipinski definition) is 3. The molecule has 140 valence electrons. The van der Waals surface area contributed by atoms with Crippen molar-refractivity contribution in [3.05, 3.63) is 78.1 Å². The third kappa shape index (κ3) is 5.67. The molecule has 1 N–H and O–H groups in total. The van der Waals surface area contributed by atoms with Gasteiger partial charge in [0.2, 0.25) is 5.91 Å². The van der Waals surface area contributed by atoms with E-state index in [9.17, 15) is 13.6 Å². The molecule has 3 rings (SSSR count). The third-order valence-corrected chi connectivity index (χ3v) is 3.96. The molecule has 6 heteroatoms. The Kier molecular flexibility index (Phi) is 6.20. The van der Waals surface area contributed by atoms with Crippen LogP contribution in [-0.4, -0.2) is 12.5 Å². The normalized spacial score (nSPS) is 10.8. The van der Waals surface area contributed by atoms with Crippen LogP contribution in [0.5, 0.6) is 5.75 Å². The van der Waals surface area contributed by atoms with Gasteiger partial charge in [-0.05, 0) is 29.8 Å². The zero-order valence-electron chi connectivity index (χ0n) is 14.5. The molecule has 2 aromatic carbocycles. The van der Waals surface area contributed by atoms with Crippen LogP contribution in [0, 0.1) is 0 Å². The van der Waals surface area contributed by atoms with Gasteiger partial charge in [-0.2, -0.15) is 8.78 Å². The molecule has 0 aliphatic carbocycles. The Morgan fingerprint density at radius 2 is 1.74 bits per heavy atom. The van der Waals surface area contributed by atoms with Gasteiger partial charge >= 0.3 is 6.61 Å². The van der Waals surface area contributed by atoms with E-state index in [4.69, 9.17) is 4.42 Å². The van der Waals surface area contributed by atoms with Gasteiger partial charge in [-0.15, -0.1) is 0 Å². The van der Waals surface area contributed by atoms with Crippen LogP contribution >= 0.6 is 0 Å². The summed E-state index contributed by atoms with van der Waals surface area (Å²) in [7, 11) is 0. The first-order valence-electron chi connectivity index (χ1n) is 8.55. The zero-order valence-corrected chi connectivity index (χ0v) is 14.5. The number of furan rings is 1. The maximum Gasteiger partial charge on any atom is 0.387 e. The lowest BCUT2D eigenvalue weighted by Gasteiger charge is -2.07. The summed E-state index contributed by atoms with van der Waals surface area (Å²) in [6.45, 7) is -2.53. The third-order valence-electron chi connectivity index (χ3n) is 3.96. The van der Waals surface area contributed by atoms with Crippen molar-refractivity contribution >= 4 is 5.91 Å². The Balaban J connectivity index is 1.44. The molecule has 0 aliphatic heterocycles. The van der Waals surface area contributed by atoms with Gasteiger partial charge in [-0.3, -0.25) is 4.79 Å². The molecule has 0 unspecified atom stereocenters. The van der Waals surface area contributed by atoms with Gasteiger partial charge < -0.3 is 14.5 Å². The predicted octanol–water partition coefficient (Wildman–Crippen LogP) is 4.80. The molecule has 1 aromatic heterocycles. The Morgan fingerprint density at radius 1 is 1.00 bits per heavy atom. The SMILES string of the molecule is O=C(CCc1ccc(-c2ccccc2)o1)NCc1ccc(OC(F)F)cc1. The molecule has 4 nitrogen and oxygen atoms in total. The molecule has 1 heterocycles. The Bertz CT molecular complexity index is 861. The van der Waals surface area contributed by atoms with E-state index in [0.717, 1.165) is 22.6 Å². The highest BCUT2D eigenvalue weighted by atomic mass is 19.3. The van der Waals surface area contributed by atoms with Gasteiger partial charge in [-0.1, -0.05) is 42.5 Å². The molecular weight excluding hydrogens is 352 g/mol. The smallest absolute Gasteiger partial charge is 0.387 e. The molecule has 0 spiro atoms. The molecule has 0 atom stereocenters. The standard InChI is InChI=1S/C21H19F2NO3/c22-21(23)27-18-8-6-15(7-9-18)14-24-20(25)13-11-17-10-12-19(26-17)16-4-2-1-3-5-16/h1-10,12,21H,11,13-14H2,(H,24,25). The van der Waals surface area contributed by atoms with E-state index >= 15 is 0 Å². The number of nitrogens with one attached hydrogen (secondary N) is 1. The topological polar surface area (TPSA) is 51.5 Å². The van der Waals surface area contributed by atoms with Crippen LogP contribution in [0.1, 0.15) is 17.7 Å². The van der Waals surface area contributed by atoms with Crippen LogP contribution in [-0.2, 0) is 17.8 Å². The number of halogens is 2. The number of carbonyl (C=O) groups is 1. The number of aryl methyl sites for hydroxylation is 1. The lowest BCUT2D eigenvalue weighted by Crippen LogP contribution is -2.22. The second-order valence-corrected chi connectivity index (χ2v) is 5.93. The summed E-state index contributed by atoms with van der Waals surface area (Å²) in [5, 5.41) is 2.80. The molecule has 1 amide bonds. The summed E-state index contributed by atoms with van der Waals surface area (Å²) in [5.41, 5.74) is 1.79. The zero-order chi connectivity index (χ0) is 19.1. The predicted molar refractivity (Wildman–Crippen MR) is 97.4 cm³/mol. The van der Waals surface area contributed by atoms with E-state index in [1.54, 1.807) is 12.1 Å². The van der Waals surface area contributed by atoms with E-state index in [0.29, 0.717) is 19.4 Å². The molecule has 0 saturated carbocycles. The highest BCUT2D eigenvalue weighted by Gasteiger charge is 2.08. The molecule has 0 bridgehead atoms. The minimum Gasteiger partial charge on any atom is -0.461 e. The molecule has 0 radical (unpaired) electrons. The Hall–Kier alpha value is -3.15. The second kappa shape index (κ2) is 8.98. The van der Waals surface area contributed by atoms with Crippen molar-refractivity contribution in [1.82, 2.24) is 5.32 Å². The van der Waals surface area contributed by atoms with Crippen molar-refractivity contribution in [3.8, 4) is 17.1 Å². The fourth-order valence-corrected chi connectivity index (χ4v) is 2.58. The summed E-state index contributed by atoms with van der Waals surface area (Å²) in [4.78, 5) is 12.0. The van der Waals surface area contributed by atoms with E-state index < -0.39 is 6.61 Å². The van der Waals surface area contributed by atoms with Crippen molar-refractivity contribution in [3.63, 3.8) is 0 Å². The van der Waals surface area contributed by atoms with Crippen LogP contribution in [0.2, 0.25) is 0 Å². The number of rotatable bonds is 8. The van der Waals surface area contributed by atoms with Gasteiger partial charge in [0.25, 0.3) is 0 Å². The van der Waals surface area contributed by atoms with Gasteiger partial charge in [0.1, 0.15) is 17.3 Å². The van der Waals surface area contributed by atoms with Crippen molar-refractivity contribution in [2.75, 3.05) is 0 Å². The van der Waals surface area contributed by atoms with E-state index in [1.807, 2.05) is 42.5 Å². The van der Waals surface area contributed by atoms with Gasteiger partial charge in [0, 0.05) is 24.9 Å². The van der Waals surface area contributed by atoms with Gasteiger partial charge in [-0.25, -0.2) is 0 Å². The van der Waals surface area contributed by atoms with Crippen molar-refractivity contribution in [2.24, 2.45) is 0 Å². The largest absolute Gasteiger partial charge is 0.461 e. The molecule has 0 aliphatic rings. The summed E-state index contributed by atoms with van der Waals surface area (Å²) >= 11 is 0. The van der Waals surface area contributed by atoms with E-state index in [2.05, 4.69) is 10.1 Å². The lowest BCUT2D eigenvalue weighted by atomic mass is 10.2. The molecule has 3 aromatic rings. The summed E-state index contributed by atoms with van der Waals surface area (Å²) in [6, 6.07) is 19.7. The fourth-order valence-electron chi connectivity index (χ4n) is 2.58. The fraction of sp³-hybridized carbons (Fsp3) is 0.190. The summed E-state index contributed by atoms with van der Waals surface area (Å²) in [6.07, 6.45) is 0.800. The van der Waals surface area contributed by atoms with Crippen LogP contribution in [0.3, 0.4) is 0 Å². The van der Waals surface area contributed by atoms with Gasteiger partial charge in [0.05, 0.1) is 0 Å². The maximum atomic E-state index is 12.1. The minimum absolute atomic E-state index is 0.0899. The first-order chi connectivity index (χ1) is 13.1. The summed E-state index contributed by atoms with van der Waals surface area (Å²) in [5.74, 6) is 1.50. The van der Waals surface area contributed by atoms with Crippen molar-refractivity contribution in [2.45, 2.75) is 26.0 Å². The molecule has 27 heavy (non-hydrogen) atoms. The summed E-state index contributed by atoms with van der Waals surface area (Å²) < 4.78 is 34.3. The number of ether oxygens (including phenoxy) is 1. The van der Waals surface area contributed by atoms with E-state index in [-0.39, 0.29) is 11.7 Å². The number of amides is 1. The quantitative estimate of drug-likeness (QED) is 0.619. The molecular formula is C21H19F2NO3. The number of benzene rings is 2. The first kappa shape index (κ1) is 18.6.